The number of amides is 1. The smallest absolute Gasteiger partial charge is 0.257 e. The maximum Gasteiger partial charge on any atom is 0.257 e. The third-order valence-electron chi connectivity index (χ3n) is 5.60. The van der Waals surface area contributed by atoms with Crippen molar-refractivity contribution in [1.82, 2.24) is 9.88 Å². The zero-order valence-electron chi connectivity index (χ0n) is 17.5. The van der Waals surface area contributed by atoms with Crippen molar-refractivity contribution in [1.29, 1.82) is 0 Å². The van der Waals surface area contributed by atoms with E-state index in [2.05, 4.69) is 4.98 Å². The number of carbonyl (C=O) groups excluding carboxylic acids is 1. The van der Waals surface area contributed by atoms with E-state index in [4.69, 9.17) is 0 Å². The van der Waals surface area contributed by atoms with Crippen LogP contribution in [0.4, 0.5) is 4.39 Å². The highest BCUT2D eigenvalue weighted by atomic mass is 19.1. The molecule has 0 aliphatic rings. The van der Waals surface area contributed by atoms with Crippen LogP contribution in [0, 0.1) is 19.7 Å². The van der Waals surface area contributed by atoms with E-state index in [-0.39, 0.29) is 24.2 Å². The minimum Gasteiger partial charge on any atom is -0.330 e. The van der Waals surface area contributed by atoms with E-state index in [1.165, 1.54) is 17.0 Å². The van der Waals surface area contributed by atoms with Crippen LogP contribution in [0.5, 0.6) is 0 Å². The summed E-state index contributed by atoms with van der Waals surface area (Å²) in [5.74, 6) is -1.04. The highest BCUT2D eigenvalue weighted by molar-refractivity contribution is 5.94. The van der Waals surface area contributed by atoms with Gasteiger partial charge in [-0.15, -0.1) is 0 Å². The fourth-order valence-electron chi connectivity index (χ4n) is 3.70. The van der Waals surface area contributed by atoms with E-state index >= 15 is 0 Å². The van der Waals surface area contributed by atoms with Gasteiger partial charge in [-0.25, -0.2) is 4.39 Å². The van der Waals surface area contributed by atoms with Crippen LogP contribution in [0.3, 0.4) is 0 Å². The zero-order chi connectivity index (χ0) is 22.0. The predicted molar refractivity (Wildman–Crippen MR) is 120 cm³/mol. The molecule has 0 fully saturated rings. The molecule has 1 N–H and O–H groups in total. The van der Waals surface area contributed by atoms with Crippen molar-refractivity contribution < 1.29 is 9.18 Å². The monoisotopic (exact) mass is 414 g/mol. The number of aromatic amines is 1. The van der Waals surface area contributed by atoms with Crippen LogP contribution in [-0.2, 0) is 13.1 Å². The number of nitrogens with zero attached hydrogens (tertiary/aromatic N) is 1. The SMILES string of the molecule is Cc1ccc2cc(CN(Cc3ccccc3)C(=O)c3ccccc3F)c(=O)[nH]c2c1C. The molecule has 0 saturated carbocycles. The van der Waals surface area contributed by atoms with Gasteiger partial charge >= 0.3 is 0 Å². The van der Waals surface area contributed by atoms with E-state index < -0.39 is 11.7 Å². The highest BCUT2D eigenvalue weighted by Crippen LogP contribution is 2.21. The number of benzene rings is 3. The number of carbonyl (C=O) groups is 1. The lowest BCUT2D eigenvalue weighted by atomic mass is 10.0. The maximum atomic E-state index is 14.3. The van der Waals surface area contributed by atoms with E-state index in [0.29, 0.717) is 5.56 Å². The second kappa shape index (κ2) is 8.56. The zero-order valence-corrected chi connectivity index (χ0v) is 17.5. The fourth-order valence-corrected chi connectivity index (χ4v) is 3.70. The molecule has 5 heteroatoms. The molecule has 1 amide bonds. The molecule has 0 radical (unpaired) electrons. The summed E-state index contributed by atoms with van der Waals surface area (Å²) in [5, 5.41) is 0.899. The number of pyridine rings is 1. The van der Waals surface area contributed by atoms with E-state index in [1.807, 2.05) is 62.4 Å². The summed E-state index contributed by atoms with van der Waals surface area (Å²) in [7, 11) is 0. The number of H-pyrrole nitrogens is 1. The first kappa shape index (κ1) is 20.5. The van der Waals surface area contributed by atoms with Gasteiger partial charge in [0.05, 0.1) is 17.6 Å². The minimum absolute atomic E-state index is 0.0119. The fraction of sp³-hybridized carbons (Fsp3) is 0.154. The molecule has 0 atom stereocenters. The van der Waals surface area contributed by atoms with Crippen molar-refractivity contribution in [2.75, 3.05) is 0 Å². The first-order valence-electron chi connectivity index (χ1n) is 10.1. The Bertz CT molecular complexity index is 1310. The number of hydrogen-bond acceptors (Lipinski definition) is 2. The Kier molecular flexibility index (Phi) is 5.67. The topological polar surface area (TPSA) is 53.2 Å². The number of rotatable bonds is 5. The van der Waals surface area contributed by atoms with Crippen molar-refractivity contribution in [2.24, 2.45) is 0 Å². The van der Waals surface area contributed by atoms with Gasteiger partial charge in [0.25, 0.3) is 11.5 Å². The van der Waals surface area contributed by atoms with Gasteiger partial charge in [-0.05, 0) is 54.1 Å². The van der Waals surface area contributed by atoms with Gasteiger partial charge in [-0.1, -0.05) is 54.6 Å². The molecule has 4 rings (SSSR count). The molecule has 31 heavy (non-hydrogen) atoms. The summed E-state index contributed by atoms with van der Waals surface area (Å²) >= 11 is 0. The Morgan fingerprint density at radius 3 is 2.39 bits per heavy atom. The lowest BCUT2D eigenvalue weighted by Crippen LogP contribution is -2.33. The molecule has 156 valence electrons. The van der Waals surface area contributed by atoms with Gasteiger partial charge in [-0.3, -0.25) is 9.59 Å². The van der Waals surface area contributed by atoms with Crippen molar-refractivity contribution in [3.63, 3.8) is 0 Å². The first-order chi connectivity index (χ1) is 14.9. The van der Waals surface area contributed by atoms with Crippen LogP contribution in [0.15, 0.2) is 77.6 Å². The summed E-state index contributed by atoms with van der Waals surface area (Å²) < 4.78 is 14.3. The molecule has 0 aliphatic carbocycles. The van der Waals surface area contributed by atoms with Crippen LogP contribution < -0.4 is 5.56 Å². The molecular weight excluding hydrogens is 391 g/mol. The van der Waals surface area contributed by atoms with Gasteiger partial charge in [0.15, 0.2) is 0 Å². The van der Waals surface area contributed by atoms with Gasteiger partial charge in [0.1, 0.15) is 5.82 Å². The Hall–Kier alpha value is -3.73. The number of nitrogens with one attached hydrogen (secondary N) is 1. The molecule has 4 nitrogen and oxygen atoms in total. The normalized spacial score (nSPS) is 10.9. The molecule has 3 aromatic carbocycles. The van der Waals surface area contributed by atoms with Crippen LogP contribution in [0.1, 0.15) is 32.6 Å². The average molecular weight is 414 g/mol. The number of hydrogen-bond donors (Lipinski definition) is 1. The molecule has 0 saturated heterocycles. The lowest BCUT2D eigenvalue weighted by molar-refractivity contribution is 0.0724. The maximum absolute atomic E-state index is 14.3. The van der Waals surface area contributed by atoms with Crippen LogP contribution >= 0.6 is 0 Å². The van der Waals surface area contributed by atoms with Gasteiger partial charge < -0.3 is 9.88 Å². The van der Waals surface area contributed by atoms with Crippen molar-refractivity contribution in [3.8, 4) is 0 Å². The highest BCUT2D eigenvalue weighted by Gasteiger charge is 2.21. The van der Waals surface area contributed by atoms with Gasteiger partial charge in [0, 0.05) is 12.1 Å². The number of aryl methyl sites for hydroxylation is 2. The molecule has 0 spiro atoms. The van der Waals surface area contributed by atoms with Gasteiger partial charge in [-0.2, -0.15) is 0 Å². The summed E-state index contributed by atoms with van der Waals surface area (Å²) in [6.45, 7) is 4.30. The third kappa shape index (κ3) is 4.26. The summed E-state index contributed by atoms with van der Waals surface area (Å²) in [4.78, 5) is 30.5. The largest absolute Gasteiger partial charge is 0.330 e. The standard InChI is InChI=1S/C26H23FN2O2/c1-17-12-13-20-14-21(25(30)28-24(20)18(17)2)16-29(15-19-8-4-3-5-9-19)26(31)22-10-6-7-11-23(22)27/h3-14H,15-16H2,1-2H3,(H,28,30). The Labute approximate surface area is 180 Å². The van der Waals surface area contributed by atoms with Crippen molar-refractivity contribution in [3.05, 3.63) is 117 Å². The number of halogens is 1. The number of fused-ring (bicyclic) bond motifs is 1. The molecule has 0 unspecified atom stereocenters. The first-order valence-corrected chi connectivity index (χ1v) is 10.1. The third-order valence-corrected chi connectivity index (χ3v) is 5.60. The predicted octanol–water partition coefficient (Wildman–Crippen LogP) is 5.13. The average Bonchev–Trinajstić information content (AvgIpc) is 2.77. The van der Waals surface area contributed by atoms with Crippen LogP contribution in [-0.4, -0.2) is 15.8 Å². The Morgan fingerprint density at radius 1 is 0.935 bits per heavy atom. The van der Waals surface area contributed by atoms with E-state index in [0.717, 1.165) is 27.6 Å². The van der Waals surface area contributed by atoms with E-state index in [9.17, 15) is 14.0 Å². The van der Waals surface area contributed by atoms with Crippen molar-refractivity contribution >= 4 is 16.8 Å². The Balaban J connectivity index is 1.74. The molecule has 1 heterocycles. The quantitative estimate of drug-likeness (QED) is 0.492. The molecular formula is C26H23FN2O2. The summed E-state index contributed by atoms with van der Waals surface area (Å²) in [6.07, 6.45) is 0. The second-order valence-electron chi connectivity index (χ2n) is 7.72. The second-order valence-corrected chi connectivity index (χ2v) is 7.72. The number of aromatic nitrogens is 1. The summed E-state index contributed by atoms with van der Waals surface area (Å²) in [6, 6.07) is 21.1. The molecule has 0 bridgehead atoms. The molecule has 4 aromatic rings. The Morgan fingerprint density at radius 2 is 1.65 bits per heavy atom. The van der Waals surface area contributed by atoms with Crippen LogP contribution in [0.25, 0.3) is 10.9 Å². The lowest BCUT2D eigenvalue weighted by Gasteiger charge is -2.23. The van der Waals surface area contributed by atoms with E-state index in [1.54, 1.807) is 12.1 Å². The summed E-state index contributed by atoms with van der Waals surface area (Å²) in [5.41, 5.74) is 4.00. The van der Waals surface area contributed by atoms with Crippen LogP contribution in [0.2, 0.25) is 0 Å². The van der Waals surface area contributed by atoms with Crippen molar-refractivity contribution in [2.45, 2.75) is 26.9 Å². The molecule has 0 aliphatic heterocycles. The molecule has 1 aromatic heterocycles. The minimum atomic E-state index is -0.580. The van der Waals surface area contributed by atoms with Gasteiger partial charge in [0.2, 0.25) is 0 Å².